The summed E-state index contributed by atoms with van der Waals surface area (Å²) >= 11 is 0. The fourth-order valence-corrected chi connectivity index (χ4v) is 3.12. The number of carbonyl (C=O) groups is 1. The number of amides is 1. The molecular weight excluding hydrogens is 306 g/mol. The normalized spacial score (nSPS) is 19.1. The van der Waals surface area contributed by atoms with Gasteiger partial charge in [-0.3, -0.25) is 4.79 Å². The molecule has 1 saturated carbocycles. The lowest BCUT2D eigenvalue weighted by Crippen LogP contribution is -2.42. The van der Waals surface area contributed by atoms with Gasteiger partial charge in [0.2, 0.25) is 0 Å². The van der Waals surface area contributed by atoms with E-state index >= 15 is 0 Å². The first kappa shape index (κ1) is 17.2. The molecule has 2 fully saturated rings. The van der Waals surface area contributed by atoms with Crippen molar-refractivity contribution in [1.29, 1.82) is 0 Å². The summed E-state index contributed by atoms with van der Waals surface area (Å²) in [6.07, 6.45) is 6.37. The number of piperidine rings is 1. The first-order chi connectivity index (χ1) is 11.8. The molecular formula is C19H27NO4. The summed E-state index contributed by atoms with van der Waals surface area (Å²) in [7, 11) is 1.64. The van der Waals surface area contributed by atoms with E-state index < -0.39 is 0 Å². The first-order valence-corrected chi connectivity index (χ1v) is 8.93. The Bertz CT molecular complexity index is 536. The quantitative estimate of drug-likeness (QED) is 0.720. The summed E-state index contributed by atoms with van der Waals surface area (Å²) < 4.78 is 16.6. The summed E-state index contributed by atoms with van der Waals surface area (Å²) in [6, 6.07) is 7.39. The molecule has 0 atom stereocenters. The molecule has 1 heterocycles. The highest BCUT2D eigenvalue weighted by Gasteiger charge is 2.28. The Morgan fingerprint density at radius 1 is 1.12 bits per heavy atom. The van der Waals surface area contributed by atoms with Crippen LogP contribution in [0.25, 0.3) is 0 Å². The van der Waals surface area contributed by atoms with E-state index in [1.807, 2.05) is 29.2 Å². The molecule has 5 nitrogen and oxygen atoms in total. The van der Waals surface area contributed by atoms with Crippen molar-refractivity contribution in [1.82, 2.24) is 4.90 Å². The minimum absolute atomic E-state index is 0.0780. The molecule has 0 unspecified atom stereocenters. The topological polar surface area (TPSA) is 48.0 Å². The maximum Gasteiger partial charge on any atom is 0.253 e. The second-order valence-corrected chi connectivity index (χ2v) is 6.55. The minimum atomic E-state index is 0.0780. The van der Waals surface area contributed by atoms with Crippen molar-refractivity contribution in [2.24, 2.45) is 0 Å². The number of hydrogen-bond donors (Lipinski definition) is 0. The van der Waals surface area contributed by atoms with Crippen molar-refractivity contribution < 1.29 is 19.0 Å². The average molecular weight is 333 g/mol. The van der Waals surface area contributed by atoms with Crippen molar-refractivity contribution in [3.8, 4) is 5.75 Å². The second kappa shape index (κ2) is 8.49. The Balaban J connectivity index is 1.50. The summed E-state index contributed by atoms with van der Waals surface area (Å²) in [5.74, 6) is 0.787. The van der Waals surface area contributed by atoms with E-state index in [1.165, 1.54) is 19.3 Å². The van der Waals surface area contributed by atoms with Crippen LogP contribution in [-0.2, 0) is 9.47 Å². The van der Waals surface area contributed by atoms with E-state index in [4.69, 9.17) is 14.2 Å². The first-order valence-electron chi connectivity index (χ1n) is 8.93. The Morgan fingerprint density at radius 2 is 1.88 bits per heavy atom. The van der Waals surface area contributed by atoms with Crippen molar-refractivity contribution >= 4 is 5.91 Å². The van der Waals surface area contributed by atoms with Crippen LogP contribution in [0.5, 0.6) is 5.75 Å². The predicted molar refractivity (Wildman–Crippen MR) is 91.5 cm³/mol. The van der Waals surface area contributed by atoms with E-state index in [1.54, 1.807) is 7.11 Å². The standard InChI is InChI=1S/C19H27NO4/c1-22-12-13-23-18-7-2-4-15(14-18)19(21)20-10-8-17(9-11-20)24-16-5-3-6-16/h2,4,7,14,16-17H,3,5-6,8-13H2,1H3. The molecule has 1 aromatic rings. The van der Waals surface area contributed by atoms with Crippen molar-refractivity contribution in [2.75, 3.05) is 33.4 Å². The third-order valence-corrected chi connectivity index (χ3v) is 4.80. The van der Waals surface area contributed by atoms with E-state index in [9.17, 15) is 4.79 Å². The zero-order valence-electron chi connectivity index (χ0n) is 14.4. The van der Waals surface area contributed by atoms with Gasteiger partial charge in [0.25, 0.3) is 5.91 Å². The number of likely N-dealkylation sites (tertiary alicyclic amines) is 1. The zero-order valence-corrected chi connectivity index (χ0v) is 14.4. The number of hydrogen-bond acceptors (Lipinski definition) is 4. The molecule has 5 heteroatoms. The number of ether oxygens (including phenoxy) is 3. The summed E-state index contributed by atoms with van der Waals surface area (Å²) in [6.45, 7) is 2.56. The van der Waals surface area contributed by atoms with Gasteiger partial charge < -0.3 is 19.1 Å². The van der Waals surface area contributed by atoms with Crippen LogP contribution >= 0.6 is 0 Å². The predicted octanol–water partition coefficient (Wildman–Crippen LogP) is 2.89. The van der Waals surface area contributed by atoms with Gasteiger partial charge in [0.05, 0.1) is 18.8 Å². The lowest BCUT2D eigenvalue weighted by Gasteiger charge is -2.36. The van der Waals surface area contributed by atoms with Gasteiger partial charge in [-0.25, -0.2) is 0 Å². The minimum Gasteiger partial charge on any atom is -0.491 e. The van der Waals surface area contributed by atoms with E-state index in [2.05, 4.69) is 0 Å². The number of carbonyl (C=O) groups excluding carboxylic acids is 1. The molecule has 1 aliphatic carbocycles. The van der Waals surface area contributed by atoms with Gasteiger partial charge in [0.1, 0.15) is 12.4 Å². The lowest BCUT2D eigenvalue weighted by molar-refractivity contribution is -0.0705. The SMILES string of the molecule is COCCOc1cccc(C(=O)N2CCC(OC3CCC3)CC2)c1. The third-order valence-electron chi connectivity index (χ3n) is 4.80. The molecule has 0 aromatic heterocycles. The van der Waals surface area contributed by atoms with Crippen LogP contribution in [0, 0.1) is 0 Å². The molecule has 1 aliphatic heterocycles. The van der Waals surface area contributed by atoms with Crippen molar-refractivity contribution in [3.05, 3.63) is 29.8 Å². The highest BCUT2D eigenvalue weighted by molar-refractivity contribution is 5.94. The van der Waals surface area contributed by atoms with Gasteiger partial charge in [-0.1, -0.05) is 6.07 Å². The van der Waals surface area contributed by atoms with Crippen molar-refractivity contribution in [2.45, 2.75) is 44.3 Å². The highest BCUT2D eigenvalue weighted by Crippen LogP contribution is 2.27. The van der Waals surface area contributed by atoms with Crippen LogP contribution in [0.1, 0.15) is 42.5 Å². The largest absolute Gasteiger partial charge is 0.491 e. The van der Waals surface area contributed by atoms with Crippen LogP contribution < -0.4 is 4.74 Å². The molecule has 2 aliphatic rings. The van der Waals surface area contributed by atoms with E-state index in [0.29, 0.717) is 36.7 Å². The molecule has 1 aromatic carbocycles. The molecule has 132 valence electrons. The molecule has 1 amide bonds. The van der Waals surface area contributed by atoms with E-state index in [-0.39, 0.29) is 5.91 Å². The van der Waals surface area contributed by atoms with E-state index in [0.717, 1.165) is 25.9 Å². The zero-order chi connectivity index (χ0) is 16.8. The summed E-state index contributed by atoms with van der Waals surface area (Å²) in [5.41, 5.74) is 0.684. The summed E-state index contributed by atoms with van der Waals surface area (Å²) in [4.78, 5) is 14.6. The smallest absolute Gasteiger partial charge is 0.253 e. The fourth-order valence-electron chi connectivity index (χ4n) is 3.12. The van der Waals surface area contributed by atoms with Crippen molar-refractivity contribution in [3.63, 3.8) is 0 Å². The van der Waals surface area contributed by atoms with Gasteiger partial charge in [-0.15, -0.1) is 0 Å². The number of rotatable bonds is 7. The highest BCUT2D eigenvalue weighted by atomic mass is 16.5. The maximum absolute atomic E-state index is 12.7. The van der Waals surface area contributed by atoms with Gasteiger partial charge in [0.15, 0.2) is 0 Å². The third kappa shape index (κ3) is 4.48. The fraction of sp³-hybridized carbons (Fsp3) is 0.632. The maximum atomic E-state index is 12.7. The Morgan fingerprint density at radius 3 is 2.54 bits per heavy atom. The molecule has 0 spiro atoms. The molecule has 0 radical (unpaired) electrons. The monoisotopic (exact) mass is 333 g/mol. The number of benzene rings is 1. The lowest BCUT2D eigenvalue weighted by atomic mass is 9.95. The number of nitrogens with zero attached hydrogens (tertiary/aromatic N) is 1. The Labute approximate surface area is 143 Å². The van der Waals surface area contributed by atoms with Crippen LogP contribution in [0.3, 0.4) is 0 Å². The molecule has 1 saturated heterocycles. The Hall–Kier alpha value is -1.59. The molecule has 0 bridgehead atoms. The van der Waals surface area contributed by atoms with Gasteiger partial charge in [-0.05, 0) is 50.3 Å². The molecule has 3 rings (SSSR count). The van der Waals surface area contributed by atoms with Crippen LogP contribution in [-0.4, -0.2) is 56.4 Å². The van der Waals surface area contributed by atoms with Crippen LogP contribution in [0.2, 0.25) is 0 Å². The Kier molecular flexibility index (Phi) is 6.10. The van der Waals surface area contributed by atoms with Crippen LogP contribution in [0.4, 0.5) is 0 Å². The van der Waals surface area contributed by atoms with Gasteiger partial charge in [0, 0.05) is 25.8 Å². The second-order valence-electron chi connectivity index (χ2n) is 6.55. The summed E-state index contributed by atoms with van der Waals surface area (Å²) in [5, 5.41) is 0. The average Bonchev–Trinajstić information content (AvgIpc) is 2.59. The molecule has 24 heavy (non-hydrogen) atoms. The molecule has 0 N–H and O–H groups in total. The number of methoxy groups -OCH3 is 1. The van der Waals surface area contributed by atoms with Gasteiger partial charge >= 0.3 is 0 Å². The van der Waals surface area contributed by atoms with Gasteiger partial charge in [-0.2, -0.15) is 0 Å². The van der Waals surface area contributed by atoms with Crippen LogP contribution in [0.15, 0.2) is 24.3 Å².